The lowest BCUT2D eigenvalue weighted by Crippen LogP contribution is -2.51. The summed E-state index contributed by atoms with van der Waals surface area (Å²) < 4.78 is 0. The van der Waals surface area contributed by atoms with Crippen molar-refractivity contribution < 1.29 is 14.4 Å². The van der Waals surface area contributed by atoms with Crippen LogP contribution < -0.4 is 5.32 Å². The third-order valence-corrected chi connectivity index (χ3v) is 6.59. The van der Waals surface area contributed by atoms with Crippen LogP contribution >= 0.6 is 0 Å². The molecule has 1 heterocycles. The summed E-state index contributed by atoms with van der Waals surface area (Å²) in [4.78, 5) is 41.1. The van der Waals surface area contributed by atoms with Crippen LogP contribution in [-0.4, -0.2) is 28.7 Å². The van der Waals surface area contributed by atoms with Crippen LogP contribution in [0, 0.1) is 0 Å². The molecular formula is C31H26N2O3. The smallest absolute Gasteiger partial charge is 0.262 e. The van der Waals surface area contributed by atoms with Crippen molar-refractivity contribution >= 4 is 17.7 Å². The molecule has 0 unspecified atom stereocenters. The second kappa shape index (κ2) is 10.0. The summed E-state index contributed by atoms with van der Waals surface area (Å²) >= 11 is 0. The molecule has 0 bridgehead atoms. The van der Waals surface area contributed by atoms with Gasteiger partial charge in [-0.15, -0.1) is 0 Å². The molecule has 0 saturated carbocycles. The molecule has 0 spiro atoms. The Kier molecular flexibility index (Phi) is 6.46. The summed E-state index contributed by atoms with van der Waals surface area (Å²) in [6, 6.07) is 33.0. The van der Waals surface area contributed by atoms with Gasteiger partial charge < -0.3 is 5.32 Å². The molecule has 1 aliphatic rings. The van der Waals surface area contributed by atoms with Gasteiger partial charge in [-0.25, -0.2) is 0 Å². The molecular weight excluding hydrogens is 448 g/mol. The summed E-state index contributed by atoms with van der Waals surface area (Å²) in [7, 11) is 0. The number of nitrogens with one attached hydrogen (secondary N) is 1. The molecule has 0 radical (unpaired) electrons. The van der Waals surface area contributed by atoms with Gasteiger partial charge in [-0.2, -0.15) is 0 Å². The van der Waals surface area contributed by atoms with Crippen molar-refractivity contribution in [3.8, 4) is 11.1 Å². The van der Waals surface area contributed by atoms with Crippen molar-refractivity contribution in [2.24, 2.45) is 0 Å². The minimum absolute atomic E-state index is 0.234. The van der Waals surface area contributed by atoms with E-state index in [1.165, 1.54) is 0 Å². The van der Waals surface area contributed by atoms with E-state index in [1.54, 1.807) is 24.3 Å². The van der Waals surface area contributed by atoms with E-state index >= 15 is 0 Å². The molecule has 0 aromatic heterocycles. The summed E-state index contributed by atoms with van der Waals surface area (Å²) in [5.41, 5.74) is 4.67. The molecule has 178 valence electrons. The zero-order valence-corrected chi connectivity index (χ0v) is 19.9. The number of carbonyl (C=O) groups excluding carboxylic acids is 3. The molecule has 3 amide bonds. The van der Waals surface area contributed by atoms with Crippen LogP contribution in [0.1, 0.15) is 44.8 Å². The maximum atomic E-state index is 13.6. The van der Waals surface area contributed by atoms with Crippen molar-refractivity contribution in [1.82, 2.24) is 10.2 Å². The molecule has 5 rings (SSSR count). The topological polar surface area (TPSA) is 66.5 Å². The SMILES string of the molecule is C[C@@H](NC(=O)[C@H](Cc1ccccc1)N1C(=O)c2ccccc2C1=O)c1ccc(-c2ccccc2)cc1. The number of hydrogen-bond donors (Lipinski definition) is 1. The first-order chi connectivity index (χ1) is 17.5. The van der Waals surface area contributed by atoms with Crippen molar-refractivity contribution in [2.75, 3.05) is 0 Å². The van der Waals surface area contributed by atoms with Crippen molar-refractivity contribution in [3.63, 3.8) is 0 Å². The Bertz CT molecular complexity index is 1360. The van der Waals surface area contributed by atoms with E-state index in [2.05, 4.69) is 17.4 Å². The molecule has 1 N–H and O–H groups in total. The van der Waals surface area contributed by atoms with Gasteiger partial charge in [-0.3, -0.25) is 19.3 Å². The van der Waals surface area contributed by atoms with Crippen LogP contribution in [0.3, 0.4) is 0 Å². The fourth-order valence-electron chi connectivity index (χ4n) is 4.62. The Morgan fingerprint density at radius 1 is 0.694 bits per heavy atom. The number of rotatable bonds is 7. The Balaban J connectivity index is 1.38. The van der Waals surface area contributed by atoms with Crippen LogP contribution in [0.5, 0.6) is 0 Å². The number of carbonyl (C=O) groups is 3. The number of nitrogens with zero attached hydrogens (tertiary/aromatic N) is 1. The summed E-state index contributed by atoms with van der Waals surface area (Å²) in [5, 5.41) is 3.04. The van der Waals surface area contributed by atoms with Crippen LogP contribution in [0.15, 0.2) is 109 Å². The first-order valence-electron chi connectivity index (χ1n) is 12.0. The second-order valence-electron chi connectivity index (χ2n) is 8.95. The van der Waals surface area contributed by atoms with E-state index < -0.39 is 17.9 Å². The third kappa shape index (κ3) is 4.56. The average molecular weight is 475 g/mol. The van der Waals surface area contributed by atoms with Gasteiger partial charge in [0.1, 0.15) is 6.04 Å². The summed E-state index contributed by atoms with van der Waals surface area (Å²) in [5.74, 6) is -1.24. The predicted octanol–water partition coefficient (Wildman–Crippen LogP) is 5.44. The quantitative estimate of drug-likeness (QED) is 0.363. The molecule has 5 nitrogen and oxygen atoms in total. The lowest BCUT2D eigenvalue weighted by Gasteiger charge is -2.27. The standard InChI is InChI=1S/C31H26N2O3/c1-21(23-16-18-25(19-17-23)24-12-6-3-7-13-24)32-29(34)28(20-22-10-4-2-5-11-22)33-30(35)26-14-8-9-15-27(26)31(33)36/h2-19,21,28H,20H2,1H3,(H,32,34)/t21-,28+/m1/s1. The van der Waals surface area contributed by atoms with Crippen molar-refractivity contribution in [1.29, 1.82) is 0 Å². The van der Waals surface area contributed by atoms with Gasteiger partial charge in [0.05, 0.1) is 17.2 Å². The lowest BCUT2D eigenvalue weighted by atomic mass is 10.00. The summed E-state index contributed by atoms with van der Waals surface area (Å²) in [6.07, 6.45) is 0.234. The number of benzene rings is 4. The third-order valence-electron chi connectivity index (χ3n) is 6.59. The fourth-order valence-corrected chi connectivity index (χ4v) is 4.62. The highest BCUT2D eigenvalue weighted by Crippen LogP contribution is 2.27. The van der Waals surface area contributed by atoms with Crippen molar-refractivity contribution in [2.45, 2.75) is 25.4 Å². The van der Waals surface area contributed by atoms with Gasteiger partial charge in [0, 0.05) is 6.42 Å². The number of amides is 3. The largest absolute Gasteiger partial charge is 0.348 e. The van der Waals surface area contributed by atoms with Gasteiger partial charge in [0.15, 0.2) is 0 Å². The van der Waals surface area contributed by atoms with Gasteiger partial charge >= 0.3 is 0 Å². The molecule has 0 saturated heterocycles. The molecule has 4 aromatic rings. The highest BCUT2D eigenvalue weighted by molar-refractivity contribution is 6.22. The highest BCUT2D eigenvalue weighted by Gasteiger charge is 2.42. The molecule has 0 aliphatic carbocycles. The minimum atomic E-state index is -0.967. The molecule has 1 aliphatic heterocycles. The average Bonchev–Trinajstić information content (AvgIpc) is 3.18. The van der Waals surface area contributed by atoms with E-state index in [0.717, 1.165) is 27.2 Å². The van der Waals surface area contributed by atoms with Crippen LogP contribution in [0.25, 0.3) is 11.1 Å². The summed E-state index contributed by atoms with van der Waals surface area (Å²) in [6.45, 7) is 1.90. The lowest BCUT2D eigenvalue weighted by molar-refractivity contribution is -0.125. The Morgan fingerprint density at radius 2 is 1.19 bits per heavy atom. The van der Waals surface area contributed by atoms with Gasteiger partial charge in [0.2, 0.25) is 5.91 Å². The highest BCUT2D eigenvalue weighted by atomic mass is 16.2. The number of imide groups is 1. The maximum Gasteiger partial charge on any atom is 0.262 e. The fraction of sp³-hybridized carbons (Fsp3) is 0.129. The van der Waals surface area contributed by atoms with E-state index in [1.807, 2.05) is 79.7 Å². The van der Waals surface area contributed by atoms with Crippen LogP contribution in [-0.2, 0) is 11.2 Å². The van der Waals surface area contributed by atoms with Gasteiger partial charge in [0.25, 0.3) is 11.8 Å². The molecule has 5 heteroatoms. The molecule has 4 aromatic carbocycles. The van der Waals surface area contributed by atoms with Crippen LogP contribution in [0.2, 0.25) is 0 Å². The Labute approximate surface area is 210 Å². The van der Waals surface area contributed by atoms with E-state index in [4.69, 9.17) is 0 Å². The van der Waals surface area contributed by atoms with E-state index in [9.17, 15) is 14.4 Å². The predicted molar refractivity (Wildman–Crippen MR) is 139 cm³/mol. The van der Waals surface area contributed by atoms with Gasteiger partial charge in [-0.1, -0.05) is 97.1 Å². The van der Waals surface area contributed by atoms with Crippen LogP contribution in [0.4, 0.5) is 0 Å². The Hall–Kier alpha value is -4.51. The zero-order valence-electron chi connectivity index (χ0n) is 19.9. The molecule has 36 heavy (non-hydrogen) atoms. The second-order valence-corrected chi connectivity index (χ2v) is 8.95. The minimum Gasteiger partial charge on any atom is -0.348 e. The number of fused-ring (bicyclic) bond motifs is 1. The van der Waals surface area contributed by atoms with E-state index in [-0.39, 0.29) is 18.4 Å². The zero-order chi connectivity index (χ0) is 25.1. The molecule has 0 fully saturated rings. The maximum absolute atomic E-state index is 13.6. The Morgan fingerprint density at radius 3 is 1.78 bits per heavy atom. The normalized spacial score (nSPS) is 14.3. The number of hydrogen-bond acceptors (Lipinski definition) is 3. The van der Waals surface area contributed by atoms with Crippen molar-refractivity contribution in [3.05, 3.63) is 131 Å². The van der Waals surface area contributed by atoms with Gasteiger partial charge in [-0.05, 0) is 41.3 Å². The molecule has 2 atom stereocenters. The monoisotopic (exact) mass is 474 g/mol. The van der Waals surface area contributed by atoms with E-state index in [0.29, 0.717) is 11.1 Å². The first kappa shape index (κ1) is 23.2. The first-order valence-corrected chi connectivity index (χ1v) is 12.0.